The van der Waals surface area contributed by atoms with Crippen molar-refractivity contribution in [2.45, 2.75) is 39.2 Å². The zero-order valence-electron chi connectivity index (χ0n) is 11.2. The highest BCUT2D eigenvalue weighted by molar-refractivity contribution is 6.32. The molecular formula is C14H23ClN2O. The minimum Gasteiger partial charge on any atom is -0.492 e. The van der Waals surface area contributed by atoms with E-state index in [-0.39, 0.29) is 6.04 Å². The van der Waals surface area contributed by atoms with Gasteiger partial charge in [-0.25, -0.2) is 0 Å². The fraction of sp³-hybridized carbons (Fsp3) is 0.571. The fourth-order valence-electron chi connectivity index (χ4n) is 1.84. The molecule has 0 spiro atoms. The molecule has 1 rings (SSSR count). The first-order valence-electron chi connectivity index (χ1n) is 6.54. The molecule has 0 amide bonds. The Kier molecular flexibility index (Phi) is 6.47. The molecule has 0 saturated heterocycles. The summed E-state index contributed by atoms with van der Waals surface area (Å²) in [5.41, 5.74) is 13.7. The van der Waals surface area contributed by atoms with E-state index in [2.05, 4.69) is 19.9 Å². The van der Waals surface area contributed by atoms with Gasteiger partial charge in [0.2, 0.25) is 0 Å². The van der Waals surface area contributed by atoms with Crippen molar-refractivity contribution in [2.75, 3.05) is 13.2 Å². The van der Waals surface area contributed by atoms with Crippen LogP contribution in [-0.4, -0.2) is 13.2 Å². The predicted molar refractivity (Wildman–Crippen MR) is 77.2 cm³/mol. The smallest absolute Gasteiger partial charge is 0.141 e. The quantitative estimate of drug-likeness (QED) is 0.801. The molecule has 1 aromatic rings. The van der Waals surface area contributed by atoms with Gasteiger partial charge in [0.05, 0.1) is 11.6 Å². The van der Waals surface area contributed by atoms with Crippen LogP contribution < -0.4 is 16.2 Å². The second-order valence-corrected chi connectivity index (χ2v) is 4.84. The molecule has 1 atom stereocenters. The van der Waals surface area contributed by atoms with Crippen LogP contribution in [0.4, 0.5) is 0 Å². The van der Waals surface area contributed by atoms with Gasteiger partial charge in [-0.2, -0.15) is 0 Å². The maximum absolute atomic E-state index is 6.29. The zero-order chi connectivity index (χ0) is 13.5. The number of aryl methyl sites for hydroxylation is 1. The first kappa shape index (κ1) is 15.3. The number of halogens is 1. The Morgan fingerprint density at radius 1 is 1.28 bits per heavy atom. The molecule has 0 saturated carbocycles. The molecule has 0 heterocycles. The zero-order valence-corrected chi connectivity index (χ0v) is 12.0. The normalized spacial score (nSPS) is 12.5. The van der Waals surface area contributed by atoms with Gasteiger partial charge < -0.3 is 16.2 Å². The third-order valence-corrected chi connectivity index (χ3v) is 3.08. The monoisotopic (exact) mass is 270 g/mol. The summed E-state index contributed by atoms with van der Waals surface area (Å²) in [6.45, 7) is 5.30. The number of rotatable bonds is 7. The Balaban J connectivity index is 3.09. The highest BCUT2D eigenvalue weighted by atomic mass is 35.5. The van der Waals surface area contributed by atoms with E-state index >= 15 is 0 Å². The van der Waals surface area contributed by atoms with Crippen molar-refractivity contribution < 1.29 is 4.74 Å². The molecule has 0 aliphatic carbocycles. The topological polar surface area (TPSA) is 61.3 Å². The van der Waals surface area contributed by atoms with Crippen LogP contribution in [-0.2, 0) is 6.42 Å². The summed E-state index contributed by atoms with van der Waals surface area (Å²) in [6, 6.07) is 3.76. The Morgan fingerprint density at radius 2 is 2.00 bits per heavy atom. The summed E-state index contributed by atoms with van der Waals surface area (Å²) in [6.07, 6.45) is 2.94. The van der Waals surface area contributed by atoms with Gasteiger partial charge in [-0.3, -0.25) is 0 Å². The molecule has 0 aliphatic heterocycles. The number of nitrogens with two attached hydrogens (primary N) is 2. The van der Waals surface area contributed by atoms with Crippen LogP contribution in [0.1, 0.15) is 43.9 Å². The Bertz CT molecular complexity index is 382. The lowest BCUT2D eigenvalue weighted by molar-refractivity contribution is 0.314. The van der Waals surface area contributed by atoms with Gasteiger partial charge in [-0.1, -0.05) is 37.9 Å². The highest BCUT2D eigenvalue weighted by Gasteiger charge is 2.13. The van der Waals surface area contributed by atoms with Crippen molar-refractivity contribution >= 4 is 11.6 Å². The number of hydrogen-bond acceptors (Lipinski definition) is 3. The van der Waals surface area contributed by atoms with Gasteiger partial charge in [0.15, 0.2) is 0 Å². The second-order valence-electron chi connectivity index (χ2n) is 4.43. The Morgan fingerprint density at radius 3 is 2.56 bits per heavy atom. The molecule has 0 aromatic heterocycles. The Hall–Kier alpha value is -0.770. The lowest BCUT2D eigenvalue weighted by Crippen LogP contribution is -2.21. The minimum absolute atomic E-state index is 0.168. The third-order valence-electron chi connectivity index (χ3n) is 2.79. The van der Waals surface area contributed by atoms with E-state index in [1.165, 1.54) is 0 Å². The molecule has 0 fully saturated rings. The second kappa shape index (κ2) is 7.62. The third kappa shape index (κ3) is 3.87. The summed E-state index contributed by atoms with van der Waals surface area (Å²) in [5.74, 6) is 0.799. The van der Waals surface area contributed by atoms with Crippen LogP contribution in [0, 0.1) is 0 Å². The summed E-state index contributed by atoms with van der Waals surface area (Å²) in [4.78, 5) is 0. The largest absolute Gasteiger partial charge is 0.492 e. The standard InChI is InChI=1S/C14H23ClN2O/c1-3-5-10-7-11(13(17)9-16)8-12(15)14(10)18-6-4-2/h7-8,13H,3-6,9,16-17H2,1-2H3. The molecule has 3 nitrogen and oxygen atoms in total. The lowest BCUT2D eigenvalue weighted by Gasteiger charge is -2.17. The molecule has 0 aliphatic rings. The SMILES string of the molecule is CCCOc1c(Cl)cc(C(N)CN)cc1CCC. The van der Waals surface area contributed by atoms with Crippen LogP contribution >= 0.6 is 11.6 Å². The van der Waals surface area contributed by atoms with Crippen molar-refractivity contribution in [3.63, 3.8) is 0 Å². The predicted octanol–water partition coefficient (Wildman–Crippen LogP) is 3.04. The van der Waals surface area contributed by atoms with Gasteiger partial charge in [0.25, 0.3) is 0 Å². The van der Waals surface area contributed by atoms with Crippen LogP contribution in [0.5, 0.6) is 5.75 Å². The minimum atomic E-state index is -0.168. The van der Waals surface area contributed by atoms with E-state index in [4.69, 9.17) is 27.8 Å². The van der Waals surface area contributed by atoms with Crippen molar-refractivity contribution in [3.8, 4) is 5.75 Å². The summed E-state index contributed by atoms with van der Waals surface area (Å²) in [7, 11) is 0. The van der Waals surface area contributed by atoms with Crippen LogP contribution in [0.15, 0.2) is 12.1 Å². The van der Waals surface area contributed by atoms with Gasteiger partial charge in [0, 0.05) is 12.6 Å². The van der Waals surface area contributed by atoms with Crippen LogP contribution in [0.25, 0.3) is 0 Å². The van der Waals surface area contributed by atoms with Crippen molar-refractivity contribution in [3.05, 3.63) is 28.3 Å². The molecular weight excluding hydrogens is 248 g/mol. The molecule has 18 heavy (non-hydrogen) atoms. The summed E-state index contributed by atoms with van der Waals surface area (Å²) < 4.78 is 5.73. The summed E-state index contributed by atoms with van der Waals surface area (Å²) in [5, 5.41) is 0.633. The average molecular weight is 271 g/mol. The molecule has 1 unspecified atom stereocenters. The molecule has 102 valence electrons. The van der Waals surface area contributed by atoms with E-state index < -0.39 is 0 Å². The lowest BCUT2D eigenvalue weighted by atomic mass is 10.0. The molecule has 0 radical (unpaired) electrons. The number of benzene rings is 1. The van der Waals surface area contributed by atoms with E-state index in [0.717, 1.165) is 36.1 Å². The Labute approximate surface area is 114 Å². The number of hydrogen-bond donors (Lipinski definition) is 2. The van der Waals surface area contributed by atoms with E-state index in [1.807, 2.05) is 6.07 Å². The van der Waals surface area contributed by atoms with Crippen molar-refractivity contribution in [1.29, 1.82) is 0 Å². The molecule has 4 heteroatoms. The van der Waals surface area contributed by atoms with Gasteiger partial charge in [-0.05, 0) is 30.0 Å². The van der Waals surface area contributed by atoms with E-state index in [0.29, 0.717) is 18.2 Å². The maximum atomic E-state index is 6.29. The highest BCUT2D eigenvalue weighted by Crippen LogP contribution is 2.33. The van der Waals surface area contributed by atoms with Crippen molar-refractivity contribution in [1.82, 2.24) is 0 Å². The first-order chi connectivity index (χ1) is 8.63. The van der Waals surface area contributed by atoms with Gasteiger partial charge in [-0.15, -0.1) is 0 Å². The fourth-order valence-corrected chi connectivity index (χ4v) is 2.15. The van der Waals surface area contributed by atoms with Gasteiger partial charge in [0.1, 0.15) is 5.75 Å². The molecule has 0 bridgehead atoms. The average Bonchev–Trinajstić information content (AvgIpc) is 2.37. The molecule has 1 aromatic carbocycles. The summed E-state index contributed by atoms with van der Waals surface area (Å²) >= 11 is 6.29. The van der Waals surface area contributed by atoms with Gasteiger partial charge >= 0.3 is 0 Å². The van der Waals surface area contributed by atoms with Crippen LogP contribution in [0.3, 0.4) is 0 Å². The first-order valence-corrected chi connectivity index (χ1v) is 6.92. The maximum Gasteiger partial charge on any atom is 0.141 e. The van der Waals surface area contributed by atoms with E-state index in [9.17, 15) is 0 Å². The van der Waals surface area contributed by atoms with Crippen molar-refractivity contribution in [2.24, 2.45) is 11.5 Å². The number of ether oxygens (including phenoxy) is 1. The van der Waals surface area contributed by atoms with Crippen LogP contribution in [0.2, 0.25) is 5.02 Å². The van der Waals surface area contributed by atoms with E-state index in [1.54, 1.807) is 0 Å². The molecule has 4 N–H and O–H groups in total.